The number of hydrogen-bond donors (Lipinski definition) is 2. The van der Waals surface area contributed by atoms with Crippen molar-refractivity contribution in [3.05, 3.63) is 48.0 Å². The lowest BCUT2D eigenvalue weighted by Gasteiger charge is -2.48. The molecule has 0 bridgehead atoms. The quantitative estimate of drug-likeness (QED) is 0.839. The first-order chi connectivity index (χ1) is 10.7. The van der Waals surface area contributed by atoms with E-state index in [4.69, 9.17) is 9.47 Å². The lowest BCUT2D eigenvalue weighted by atomic mass is 9.69. The van der Waals surface area contributed by atoms with Crippen LogP contribution in [0.3, 0.4) is 0 Å². The van der Waals surface area contributed by atoms with Crippen molar-refractivity contribution in [2.24, 2.45) is 17.8 Å². The summed E-state index contributed by atoms with van der Waals surface area (Å²) in [6.45, 7) is 1.32. The summed E-state index contributed by atoms with van der Waals surface area (Å²) >= 11 is 0. The van der Waals surface area contributed by atoms with Gasteiger partial charge in [0.2, 0.25) is 0 Å². The zero-order chi connectivity index (χ0) is 15.2. The maximum Gasteiger partial charge on any atom is 0.172 e. The molecule has 118 valence electrons. The summed E-state index contributed by atoms with van der Waals surface area (Å²) in [7, 11) is 0. The Kier molecular flexibility index (Phi) is 3.57. The lowest BCUT2D eigenvalue weighted by Crippen LogP contribution is -2.54. The van der Waals surface area contributed by atoms with Crippen molar-refractivity contribution in [3.8, 4) is 0 Å². The summed E-state index contributed by atoms with van der Waals surface area (Å²) < 4.78 is 11.6. The largest absolute Gasteiger partial charge is 0.392 e. The van der Waals surface area contributed by atoms with Gasteiger partial charge < -0.3 is 19.7 Å². The number of rotatable bonds is 3. The first-order valence-electron chi connectivity index (χ1n) is 8.07. The molecule has 5 unspecified atom stereocenters. The molecule has 2 saturated carbocycles. The zero-order valence-corrected chi connectivity index (χ0v) is 12.5. The van der Waals surface area contributed by atoms with Gasteiger partial charge in [-0.3, -0.25) is 0 Å². The fourth-order valence-corrected chi connectivity index (χ4v) is 4.26. The molecule has 1 spiro atoms. The second kappa shape index (κ2) is 5.46. The van der Waals surface area contributed by atoms with Crippen LogP contribution in [0, 0.1) is 17.8 Å². The van der Waals surface area contributed by atoms with Crippen LogP contribution >= 0.6 is 0 Å². The van der Waals surface area contributed by atoms with Crippen LogP contribution < -0.4 is 0 Å². The van der Waals surface area contributed by atoms with Crippen LogP contribution in [-0.4, -0.2) is 35.3 Å². The average molecular weight is 302 g/mol. The predicted molar refractivity (Wildman–Crippen MR) is 80.9 cm³/mol. The van der Waals surface area contributed by atoms with E-state index >= 15 is 0 Å². The SMILES string of the molecule is OC(C=CC1CC2C(CC23OCCO3)C1O)c1ccccc1. The summed E-state index contributed by atoms with van der Waals surface area (Å²) in [5.74, 6) is 0.197. The molecule has 1 heterocycles. The first kappa shape index (κ1) is 14.4. The van der Waals surface area contributed by atoms with Gasteiger partial charge in [0.05, 0.1) is 25.4 Å². The topological polar surface area (TPSA) is 58.9 Å². The van der Waals surface area contributed by atoms with E-state index in [1.165, 1.54) is 0 Å². The first-order valence-corrected chi connectivity index (χ1v) is 8.07. The Morgan fingerprint density at radius 3 is 2.64 bits per heavy atom. The van der Waals surface area contributed by atoms with Crippen molar-refractivity contribution >= 4 is 0 Å². The maximum atomic E-state index is 10.5. The molecule has 3 fully saturated rings. The molecule has 4 heteroatoms. The van der Waals surface area contributed by atoms with E-state index in [9.17, 15) is 10.2 Å². The molecule has 4 nitrogen and oxygen atoms in total. The summed E-state index contributed by atoms with van der Waals surface area (Å²) in [6.07, 6.45) is 4.43. The Bertz CT molecular complexity index is 549. The third-order valence-corrected chi connectivity index (χ3v) is 5.46. The molecule has 5 atom stereocenters. The smallest absolute Gasteiger partial charge is 0.172 e. The zero-order valence-electron chi connectivity index (χ0n) is 12.5. The third kappa shape index (κ3) is 2.22. The molecule has 3 aliphatic rings. The van der Waals surface area contributed by atoms with Gasteiger partial charge in [0.25, 0.3) is 0 Å². The van der Waals surface area contributed by atoms with E-state index in [2.05, 4.69) is 0 Å². The van der Waals surface area contributed by atoms with Gasteiger partial charge in [-0.2, -0.15) is 0 Å². The number of aliphatic hydroxyl groups is 2. The summed E-state index contributed by atoms with van der Waals surface area (Å²) in [5.41, 5.74) is 0.869. The van der Waals surface area contributed by atoms with Crippen LogP contribution in [0.15, 0.2) is 42.5 Å². The van der Waals surface area contributed by atoms with Gasteiger partial charge in [-0.25, -0.2) is 0 Å². The molecule has 22 heavy (non-hydrogen) atoms. The minimum absolute atomic E-state index is 0.0699. The Balaban J connectivity index is 1.43. The van der Waals surface area contributed by atoms with Gasteiger partial charge in [-0.1, -0.05) is 42.5 Å². The van der Waals surface area contributed by atoms with Crippen LogP contribution in [-0.2, 0) is 9.47 Å². The molecule has 4 rings (SSSR count). The molecule has 1 saturated heterocycles. The van der Waals surface area contributed by atoms with Crippen molar-refractivity contribution in [2.75, 3.05) is 13.2 Å². The number of ether oxygens (including phenoxy) is 2. The summed E-state index contributed by atoms with van der Waals surface area (Å²) in [5, 5.41) is 20.7. The fraction of sp³-hybridized carbons (Fsp3) is 0.556. The minimum atomic E-state index is -0.625. The molecule has 0 radical (unpaired) electrons. The number of hydrogen-bond acceptors (Lipinski definition) is 4. The highest BCUT2D eigenvalue weighted by atomic mass is 16.7. The highest BCUT2D eigenvalue weighted by molar-refractivity contribution is 5.22. The van der Waals surface area contributed by atoms with Gasteiger partial charge in [0, 0.05) is 18.3 Å². The van der Waals surface area contributed by atoms with Gasteiger partial charge in [0.1, 0.15) is 0 Å². The van der Waals surface area contributed by atoms with Crippen LogP contribution in [0.2, 0.25) is 0 Å². The Morgan fingerprint density at radius 1 is 1.18 bits per heavy atom. The van der Waals surface area contributed by atoms with Gasteiger partial charge >= 0.3 is 0 Å². The number of aliphatic hydroxyl groups excluding tert-OH is 2. The van der Waals surface area contributed by atoms with E-state index in [-0.39, 0.29) is 23.9 Å². The van der Waals surface area contributed by atoms with Gasteiger partial charge in [-0.15, -0.1) is 0 Å². The maximum absolute atomic E-state index is 10.5. The lowest BCUT2D eigenvalue weighted by molar-refractivity contribution is -0.275. The van der Waals surface area contributed by atoms with Crippen LogP contribution in [0.25, 0.3) is 0 Å². The normalized spacial score (nSPS) is 37.4. The van der Waals surface area contributed by atoms with Crippen molar-refractivity contribution in [1.29, 1.82) is 0 Å². The standard InChI is InChI=1S/C18H22O4/c19-16(12-4-2-1-3-5-12)7-6-13-10-15-14(17(13)20)11-18(15)21-8-9-22-18/h1-7,13-17,19-20H,8-11H2. The molecule has 1 aromatic carbocycles. The second-order valence-corrected chi connectivity index (χ2v) is 6.61. The number of fused-ring (bicyclic) bond motifs is 2. The summed E-state index contributed by atoms with van der Waals surface area (Å²) in [4.78, 5) is 0. The molecule has 0 aromatic heterocycles. The van der Waals surface area contributed by atoms with Crippen LogP contribution in [0.1, 0.15) is 24.5 Å². The van der Waals surface area contributed by atoms with Gasteiger partial charge in [-0.05, 0) is 17.9 Å². The molecule has 2 aliphatic carbocycles. The van der Waals surface area contributed by atoms with E-state index in [0.29, 0.717) is 13.2 Å². The van der Waals surface area contributed by atoms with E-state index < -0.39 is 11.9 Å². The highest BCUT2D eigenvalue weighted by Crippen LogP contribution is 2.59. The Labute approximate surface area is 130 Å². The number of benzene rings is 1. The molecule has 2 N–H and O–H groups in total. The Hall–Kier alpha value is -1.20. The van der Waals surface area contributed by atoms with Crippen molar-refractivity contribution < 1.29 is 19.7 Å². The van der Waals surface area contributed by atoms with E-state index in [1.807, 2.05) is 36.4 Å². The predicted octanol–water partition coefficient (Wildman–Crippen LogP) is 2.04. The molecule has 0 amide bonds. The average Bonchev–Trinajstić information content (AvgIpc) is 3.12. The van der Waals surface area contributed by atoms with Crippen LogP contribution in [0.4, 0.5) is 0 Å². The third-order valence-electron chi connectivity index (χ3n) is 5.46. The molecule has 1 aromatic rings. The van der Waals surface area contributed by atoms with Crippen LogP contribution in [0.5, 0.6) is 0 Å². The monoisotopic (exact) mass is 302 g/mol. The Morgan fingerprint density at radius 2 is 1.91 bits per heavy atom. The van der Waals surface area contributed by atoms with E-state index in [1.54, 1.807) is 6.08 Å². The second-order valence-electron chi connectivity index (χ2n) is 6.61. The van der Waals surface area contributed by atoms with Crippen molar-refractivity contribution in [1.82, 2.24) is 0 Å². The van der Waals surface area contributed by atoms with Crippen molar-refractivity contribution in [3.63, 3.8) is 0 Å². The summed E-state index contributed by atoms with van der Waals surface area (Å²) in [6, 6.07) is 9.56. The van der Waals surface area contributed by atoms with Crippen molar-refractivity contribution in [2.45, 2.75) is 30.8 Å². The fourth-order valence-electron chi connectivity index (χ4n) is 4.26. The molecular formula is C18H22O4. The van der Waals surface area contributed by atoms with E-state index in [0.717, 1.165) is 18.4 Å². The van der Waals surface area contributed by atoms with Gasteiger partial charge in [0.15, 0.2) is 5.79 Å². The molecule has 1 aliphatic heterocycles. The minimum Gasteiger partial charge on any atom is -0.392 e. The molecular weight excluding hydrogens is 280 g/mol. The highest BCUT2D eigenvalue weighted by Gasteiger charge is 2.64.